The van der Waals surface area contributed by atoms with Gasteiger partial charge in [-0.2, -0.15) is 0 Å². The maximum Gasteiger partial charge on any atom is 0.0416 e. The number of nitrogens with one attached hydrogen (secondary N) is 1. The first-order chi connectivity index (χ1) is 10.7. The number of para-hydroxylation sites is 2. The smallest absolute Gasteiger partial charge is 0.0416 e. The summed E-state index contributed by atoms with van der Waals surface area (Å²) in [5.41, 5.74) is 5.02. The third kappa shape index (κ3) is 6.99. The lowest BCUT2D eigenvalue weighted by molar-refractivity contribution is 0.886. The van der Waals surface area contributed by atoms with Crippen molar-refractivity contribution in [2.45, 2.75) is 47.0 Å². The van der Waals surface area contributed by atoms with Crippen molar-refractivity contribution in [3.05, 3.63) is 59.7 Å². The van der Waals surface area contributed by atoms with Gasteiger partial charge >= 0.3 is 0 Å². The van der Waals surface area contributed by atoms with Crippen molar-refractivity contribution >= 4 is 11.4 Å². The van der Waals surface area contributed by atoms with Gasteiger partial charge in [-0.15, -0.1) is 12.8 Å². The van der Waals surface area contributed by atoms with Gasteiger partial charge in [0.1, 0.15) is 0 Å². The first kappa shape index (κ1) is 19.8. The fourth-order valence-electron chi connectivity index (χ4n) is 1.81. The molecule has 0 unspecified atom stereocenters. The number of aryl methyl sites for hydroxylation is 2. The van der Waals surface area contributed by atoms with E-state index in [-0.39, 0.29) is 0 Å². The van der Waals surface area contributed by atoms with Gasteiger partial charge in [0.2, 0.25) is 0 Å². The monoisotopic (exact) mass is 295 g/mol. The third-order valence-corrected chi connectivity index (χ3v) is 3.31. The maximum atomic E-state index is 4.00. The van der Waals surface area contributed by atoms with Crippen LogP contribution in [0.5, 0.6) is 0 Å². The highest BCUT2D eigenvalue weighted by molar-refractivity contribution is 5.65. The van der Waals surface area contributed by atoms with Gasteiger partial charge in [-0.1, -0.05) is 70.0 Å². The minimum Gasteiger partial charge on any atom is -0.355 e. The molecular formula is C21H29N. The van der Waals surface area contributed by atoms with Crippen LogP contribution in [0.25, 0.3) is 0 Å². The minimum absolute atomic E-state index is 1.05. The van der Waals surface area contributed by atoms with Crippen LogP contribution in [-0.2, 0) is 6.42 Å². The van der Waals surface area contributed by atoms with Crippen molar-refractivity contribution in [2.75, 3.05) is 5.32 Å². The molecule has 2 aromatic carbocycles. The summed E-state index contributed by atoms with van der Waals surface area (Å²) in [6.45, 7) is 8.66. The summed E-state index contributed by atoms with van der Waals surface area (Å²) in [6.07, 6.45) is 11.7. The van der Waals surface area contributed by atoms with Crippen LogP contribution in [0.15, 0.2) is 48.5 Å². The number of rotatable bonds is 4. The number of terminal acetylenes is 1. The SMILES string of the molecule is C#C.CCCC.CCc1ccccc1Nc1ccccc1C. The molecule has 1 N–H and O–H groups in total. The number of anilines is 2. The van der Waals surface area contributed by atoms with Crippen molar-refractivity contribution in [1.29, 1.82) is 0 Å². The second kappa shape index (κ2) is 12.5. The van der Waals surface area contributed by atoms with E-state index in [0.717, 1.165) is 6.42 Å². The highest BCUT2D eigenvalue weighted by Crippen LogP contribution is 2.23. The van der Waals surface area contributed by atoms with Gasteiger partial charge in [-0.3, -0.25) is 0 Å². The molecule has 0 radical (unpaired) electrons. The van der Waals surface area contributed by atoms with Crippen LogP contribution < -0.4 is 5.32 Å². The number of hydrogen-bond donors (Lipinski definition) is 1. The van der Waals surface area contributed by atoms with E-state index in [1.165, 1.54) is 35.3 Å². The Balaban J connectivity index is 0.000000640. The van der Waals surface area contributed by atoms with Gasteiger partial charge in [0, 0.05) is 11.4 Å². The molecule has 0 aromatic heterocycles. The summed E-state index contributed by atoms with van der Waals surface area (Å²) >= 11 is 0. The lowest BCUT2D eigenvalue weighted by Crippen LogP contribution is -1.96. The molecular weight excluding hydrogens is 266 g/mol. The first-order valence-electron chi connectivity index (χ1n) is 7.96. The van der Waals surface area contributed by atoms with Crippen LogP contribution in [-0.4, -0.2) is 0 Å². The highest BCUT2D eigenvalue weighted by atomic mass is 14.9. The van der Waals surface area contributed by atoms with Crippen molar-refractivity contribution < 1.29 is 0 Å². The average molecular weight is 295 g/mol. The lowest BCUT2D eigenvalue weighted by atomic mass is 10.1. The lowest BCUT2D eigenvalue weighted by Gasteiger charge is -2.12. The molecule has 0 aliphatic heterocycles. The molecule has 2 rings (SSSR count). The van der Waals surface area contributed by atoms with Gasteiger partial charge in [0.25, 0.3) is 0 Å². The molecule has 0 amide bonds. The van der Waals surface area contributed by atoms with Gasteiger partial charge in [0.05, 0.1) is 0 Å². The van der Waals surface area contributed by atoms with Crippen molar-refractivity contribution in [3.63, 3.8) is 0 Å². The fraction of sp³-hybridized carbons (Fsp3) is 0.333. The molecule has 118 valence electrons. The second-order valence-corrected chi connectivity index (χ2v) is 4.95. The molecule has 2 aromatic rings. The molecule has 0 heterocycles. The summed E-state index contributed by atoms with van der Waals surface area (Å²) in [5, 5.41) is 3.49. The van der Waals surface area contributed by atoms with Crippen LogP contribution in [0.4, 0.5) is 11.4 Å². The first-order valence-corrected chi connectivity index (χ1v) is 7.96. The van der Waals surface area contributed by atoms with Gasteiger partial charge in [-0.05, 0) is 36.6 Å². The van der Waals surface area contributed by atoms with Crippen LogP contribution in [0, 0.1) is 19.8 Å². The summed E-state index contributed by atoms with van der Waals surface area (Å²) in [4.78, 5) is 0. The van der Waals surface area contributed by atoms with E-state index < -0.39 is 0 Å². The van der Waals surface area contributed by atoms with E-state index in [9.17, 15) is 0 Å². The fourth-order valence-corrected chi connectivity index (χ4v) is 1.81. The summed E-state index contributed by atoms with van der Waals surface area (Å²) in [5.74, 6) is 0. The van der Waals surface area contributed by atoms with Crippen molar-refractivity contribution in [3.8, 4) is 12.8 Å². The normalized spacial score (nSPS) is 8.82. The van der Waals surface area contributed by atoms with E-state index >= 15 is 0 Å². The van der Waals surface area contributed by atoms with Crippen LogP contribution in [0.2, 0.25) is 0 Å². The van der Waals surface area contributed by atoms with Crippen LogP contribution in [0.3, 0.4) is 0 Å². The zero-order valence-electron chi connectivity index (χ0n) is 14.4. The number of hydrogen-bond acceptors (Lipinski definition) is 1. The van der Waals surface area contributed by atoms with Gasteiger partial charge in [0.15, 0.2) is 0 Å². The Hall–Kier alpha value is -2.20. The summed E-state index contributed by atoms with van der Waals surface area (Å²) < 4.78 is 0. The van der Waals surface area contributed by atoms with E-state index in [2.05, 4.69) is 94.4 Å². The molecule has 1 heteroatoms. The largest absolute Gasteiger partial charge is 0.355 e. The van der Waals surface area contributed by atoms with E-state index in [4.69, 9.17) is 0 Å². The molecule has 1 nitrogen and oxygen atoms in total. The second-order valence-electron chi connectivity index (χ2n) is 4.95. The van der Waals surface area contributed by atoms with E-state index in [1.54, 1.807) is 0 Å². The molecule has 0 bridgehead atoms. The Kier molecular flexibility index (Phi) is 11.3. The highest BCUT2D eigenvalue weighted by Gasteiger charge is 2.01. The summed E-state index contributed by atoms with van der Waals surface area (Å²) in [6, 6.07) is 16.8. The maximum absolute atomic E-state index is 4.00. The zero-order chi connectivity index (χ0) is 16.8. The molecule has 0 saturated carbocycles. The standard InChI is InChI=1S/C15H17N.C4H10.C2H2/c1-3-13-9-5-7-11-15(13)16-14-10-6-4-8-12(14)2;1-3-4-2;1-2/h4-11,16H,3H2,1-2H3;3-4H2,1-2H3;1-2H. The Labute approximate surface area is 136 Å². The zero-order valence-corrected chi connectivity index (χ0v) is 14.4. The predicted octanol–water partition coefficient (Wildman–Crippen LogP) is 6.36. The Morgan fingerprint density at radius 3 is 1.77 bits per heavy atom. The van der Waals surface area contributed by atoms with Crippen molar-refractivity contribution in [2.24, 2.45) is 0 Å². The number of unbranched alkanes of at least 4 members (excludes halogenated alkanes) is 1. The van der Waals surface area contributed by atoms with Crippen LogP contribution in [0.1, 0.15) is 44.7 Å². The van der Waals surface area contributed by atoms with E-state index in [0.29, 0.717) is 0 Å². The Bertz CT molecular complexity index is 538. The Morgan fingerprint density at radius 1 is 0.773 bits per heavy atom. The van der Waals surface area contributed by atoms with Crippen LogP contribution >= 0.6 is 0 Å². The molecule has 0 aliphatic rings. The molecule has 0 saturated heterocycles. The Morgan fingerprint density at radius 2 is 1.27 bits per heavy atom. The number of benzene rings is 2. The molecule has 0 fully saturated rings. The topological polar surface area (TPSA) is 12.0 Å². The predicted molar refractivity (Wildman–Crippen MR) is 101 cm³/mol. The van der Waals surface area contributed by atoms with E-state index in [1.807, 2.05) is 0 Å². The van der Waals surface area contributed by atoms with Gasteiger partial charge in [-0.25, -0.2) is 0 Å². The van der Waals surface area contributed by atoms with Crippen molar-refractivity contribution in [1.82, 2.24) is 0 Å². The molecule has 0 spiro atoms. The molecule has 22 heavy (non-hydrogen) atoms. The quantitative estimate of drug-likeness (QED) is 0.647. The van der Waals surface area contributed by atoms with Gasteiger partial charge < -0.3 is 5.32 Å². The average Bonchev–Trinajstić information content (AvgIpc) is 2.59. The molecule has 0 atom stereocenters. The molecule has 0 aliphatic carbocycles. The third-order valence-electron chi connectivity index (χ3n) is 3.31. The minimum atomic E-state index is 1.05. The summed E-state index contributed by atoms with van der Waals surface area (Å²) in [7, 11) is 0.